The lowest BCUT2D eigenvalue weighted by molar-refractivity contribution is 0.297. The van der Waals surface area contributed by atoms with Gasteiger partial charge >= 0.3 is 0 Å². The van der Waals surface area contributed by atoms with Crippen LogP contribution in [0.5, 0.6) is 11.5 Å². The predicted molar refractivity (Wildman–Crippen MR) is 79.0 cm³/mol. The Balaban J connectivity index is 1.53. The second-order valence-electron chi connectivity index (χ2n) is 5.59. The van der Waals surface area contributed by atoms with Crippen LogP contribution in [-0.4, -0.2) is 29.0 Å². The minimum absolute atomic E-state index is 0.701. The van der Waals surface area contributed by atoms with E-state index in [1.807, 2.05) is 29.1 Å². The van der Waals surface area contributed by atoms with E-state index < -0.39 is 0 Å². The average molecular weight is 285 g/mol. The highest BCUT2D eigenvalue weighted by atomic mass is 16.5. The molecule has 21 heavy (non-hydrogen) atoms. The SMILES string of the molecule is c1cc2c(cc1-n1ccc(CNC3CC3)n1)OCCCO2. The van der Waals surface area contributed by atoms with Crippen LogP contribution in [0.15, 0.2) is 30.5 Å². The van der Waals surface area contributed by atoms with Gasteiger partial charge in [0.1, 0.15) is 0 Å². The first kappa shape index (κ1) is 12.7. The minimum Gasteiger partial charge on any atom is -0.490 e. The minimum atomic E-state index is 0.701. The van der Waals surface area contributed by atoms with Crippen molar-refractivity contribution in [2.24, 2.45) is 0 Å². The normalized spacial score (nSPS) is 17.5. The van der Waals surface area contributed by atoms with Crippen molar-refractivity contribution in [3.8, 4) is 17.2 Å². The molecule has 1 aliphatic carbocycles. The van der Waals surface area contributed by atoms with Crippen molar-refractivity contribution >= 4 is 0 Å². The molecule has 2 aliphatic rings. The summed E-state index contributed by atoms with van der Waals surface area (Å²) >= 11 is 0. The van der Waals surface area contributed by atoms with Crippen LogP contribution in [-0.2, 0) is 6.54 Å². The first-order chi connectivity index (χ1) is 10.4. The number of hydrogen-bond donors (Lipinski definition) is 1. The average Bonchev–Trinajstić information content (AvgIpc) is 3.27. The van der Waals surface area contributed by atoms with Crippen molar-refractivity contribution in [3.63, 3.8) is 0 Å². The molecule has 0 saturated heterocycles. The molecule has 1 aliphatic heterocycles. The molecule has 1 N–H and O–H groups in total. The van der Waals surface area contributed by atoms with Gasteiger partial charge in [0.15, 0.2) is 11.5 Å². The van der Waals surface area contributed by atoms with E-state index in [4.69, 9.17) is 9.47 Å². The number of hydrogen-bond acceptors (Lipinski definition) is 4. The number of ether oxygens (including phenoxy) is 2. The molecule has 1 aromatic heterocycles. The van der Waals surface area contributed by atoms with Gasteiger partial charge in [0.25, 0.3) is 0 Å². The Hall–Kier alpha value is -2.01. The van der Waals surface area contributed by atoms with E-state index in [-0.39, 0.29) is 0 Å². The van der Waals surface area contributed by atoms with Crippen LogP contribution in [0.2, 0.25) is 0 Å². The fourth-order valence-corrected chi connectivity index (χ4v) is 2.43. The van der Waals surface area contributed by atoms with Crippen LogP contribution in [0.3, 0.4) is 0 Å². The summed E-state index contributed by atoms with van der Waals surface area (Å²) in [5, 5.41) is 8.09. The topological polar surface area (TPSA) is 48.3 Å². The first-order valence-electron chi connectivity index (χ1n) is 7.56. The molecule has 4 rings (SSSR count). The molecule has 2 aromatic rings. The molecule has 5 heteroatoms. The third kappa shape index (κ3) is 2.88. The van der Waals surface area contributed by atoms with E-state index in [1.165, 1.54) is 12.8 Å². The van der Waals surface area contributed by atoms with Crippen molar-refractivity contribution in [2.45, 2.75) is 31.8 Å². The van der Waals surface area contributed by atoms with Gasteiger partial charge in [0, 0.05) is 31.3 Å². The molecule has 2 heterocycles. The lowest BCUT2D eigenvalue weighted by Gasteiger charge is -2.09. The molecule has 1 saturated carbocycles. The molecule has 0 spiro atoms. The summed E-state index contributed by atoms with van der Waals surface area (Å²) in [7, 11) is 0. The summed E-state index contributed by atoms with van der Waals surface area (Å²) in [5.74, 6) is 1.62. The van der Waals surface area contributed by atoms with E-state index >= 15 is 0 Å². The Morgan fingerprint density at radius 3 is 2.86 bits per heavy atom. The number of benzene rings is 1. The van der Waals surface area contributed by atoms with Gasteiger partial charge in [0.2, 0.25) is 0 Å². The number of nitrogens with zero attached hydrogens (tertiary/aromatic N) is 2. The maximum Gasteiger partial charge on any atom is 0.163 e. The van der Waals surface area contributed by atoms with Gasteiger partial charge in [-0.2, -0.15) is 5.10 Å². The summed E-state index contributed by atoms with van der Waals surface area (Å²) < 4.78 is 13.3. The van der Waals surface area contributed by atoms with Gasteiger partial charge in [-0.1, -0.05) is 0 Å². The quantitative estimate of drug-likeness (QED) is 0.936. The number of rotatable bonds is 4. The lowest BCUT2D eigenvalue weighted by atomic mass is 10.3. The maximum absolute atomic E-state index is 5.73. The van der Waals surface area contributed by atoms with E-state index in [0.717, 1.165) is 35.8 Å². The molecule has 0 bridgehead atoms. The van der Waals surface area contributed by atoms with Crippen LogP contribution in [0.1, 0.15) is 25.0 Å². The van der Waals surface area contributed by atoms with Crippen molar-refractivity contribution < 1.29 is 9.47 Å². The fourth-order valence-electron chi connectivity index (χ4n) is 2.43. The van der Waals surface area contributed by atoms with E-state index in [1.54, 1.807) is 0 Å². The van der Waals surface area contributed by atoms with Crippen LogP contribution < -0.4 is 14.8 Å². The second-order valence-corrected chi connectivity index (χ2v) is 5.59. The highest BCUT2D eigenvalue weighted by molar-refractivity contribution is 5.48. The standard InChI is InChI=1S/C16H19N3O2/c1-8-20-15-5-4-14(10-16(15)21-9-1)19-7-6-13(18-19)11-17-12-2-3-12/h4-7,10,12,17H,1-3,8-9,11H2. The Kier molecular flexibility index (Phi) is 3.27. The highest BCUT2D eigenvalue weighted by Gasteiger charge is 2.20. The van der Waals surface area contributed by atoms with Gasteiger partial charge in [-0.3, -0.25) is 0 Å². The molecular weight excluding hydrogens is 266 g/mol. The molecule has 0 unspecified atom stereocenters. The number of fused-ring (bicyclic) bond motifs is 1. The Bertz CT molecular complexity index is 634. The van der Waals surface area contributed by atoms with Crippen LogP contribution in [0, 0.1) is 0 Å². The van der Waals surface area contributed by atoms with Gasteiger partial charge < -0.3 is 14.8 Å². The summed E-state index contributed by atoms with van der Waals surface area (Å²) in [4.78, 5) is 0. The molecule has 110 valence electrons. The third-order valence-corrected chi connectivity index (χ3v) is 3.79. The summed E-state index contributed by atoms with van der Waals surface area (Å²) in [6.45, 7) is 2.25. The van der Waals surface area contributed by atoms with Crippen molar-refractivity contribution in [1.29, 1.82) is 0 Å². The van der Waals surface area contributed by atoms with Crippen LogP contribution in [0.4, 0.5) is 0 Å². The monoisotopic (exact) mass is 285 g/mol. The lowest BCUT2D eigenvalue weighted by Crippen LogP contribution is -2.15. The zero-order valence-electron chi connectivity index (χ0n) is 11.9. The highest BCUT2D eigenvalue weighted by Crippen LogP contribution is 2.31. The van der Waals surface area contributed by atoms with Crippen LogP contribution in [0.25, 0.3) is 5.69 Å². The summed E-state index contributed by atoms with van der Waals surface area (Å²) in [5.41, 5.74) is 2.06. The third-order valence-electron chi connectivity index (χ3n) is 3.79. The van der Waals surface area contributed by atoms with Crippen LogP contribution >= 0.6 is 0 Å². The van der Waals surface area contributed by atoms with Gasteiger partial charge in [-0.05, 0) is 31.0 Å². The molecule has 1 aromatic carbocycles. The molecule has 0 amide bonds. The second kappa shape index (κ2) is 5.41. The van der Waals surface area contributed by atoms with E-state index in [2.05, 4.69) is 16.5 Å². The smallest absolute Gasteiger partial charge is 0.163 e. The molecule has 0 radical (unpaired) electrons. The molecule has 5 nitrogen and oxygen atoms in total. The summed E-state index contributed by atoms with van der Waals surface area (Å²) in [6, 6.07) is 8.72. The van der Waals surface area contributed by atoms with Gasteiger partial charge in [-0.15, -0.1) is 0 Å². The molecule has 0 atom stereocenters. The van der Waals surface area contributed by atoms with Crippen molar-refractivity contribution in [2.75, 3.05) is 13.2 Å². The largest absolute Gasteiger partial charge is 0.490 e. The van der Waals surface area contributed by atoms with Gasteiger partial charge in [0.05, 0.1) is 24.6 Å². The maximum atomic E-state index is 5.73. The Labute approximate surface area is 123 Å². The molecular formula is C16H19N3O2. The van der Waals surface area contributed by atoms with E-state index in [9.17, 15) is 0 Å². The summed E-state index contributed by atoms with van der Waals surface area (Å²) in [6.07, 6.45) is 5.50. The number of aromatic nitrogens is 2. The fraction of sp³-hybridized carbons (Fsp3) is 0.438. The van der Waals surface area contributed by atoms with Gasteiger partial charge in [-0.25, -0.2) is 4.68 Å². The Morgan fingerprint density at radius 2 is 2.00 bits per heavy atom. The van der Waals surface area contributed by atoms with Crippen molar-refractivity contribution in [3.05, 3.63) is 36.2 Å². The number of nitrogens with one attached hydrogen (secondary N) is 1. The molecule has 1 fully saturated rings. The van der Waals surface area contributed by atoms with Crippen molar-refractivity contribution in [1.82, 2.24) is 15.1 Å². The Morgan fingerprint density at radius 1 is 1.14 bits per heavy atom. The van der Waals surface area contributed by atoms with E-state index in [0.29, 0.717) is 19.3 Å². The zero-order valence-corrected chi connectivity index (χ0v) is 11.9. The first-order valence-corrected chi connectivity index (χ1v) is 7.56. The predicted octanol–water partition coefficient (Wildman–Crippen LogP) is 2.29. The zero-order chi connectivity index (χ0) is 14.1.